The van der Waals surface area contributed by atoms with Crippen molar-refractivity contribution in [1.82, 2.24) is 10.3 Å². The Balaban J connectivity index is 1.88. The number of nitrogens with zero attached hydrogens (tertiary/aromatic N) is 1. The molecule has 0 aliphatic carbocycles. The highest BCUT2D eigenvalue weighted by Crippen LogP contribution is 2.40. The molecule has 0 saturated carbocycles. The number of carboxylic acids is 1. The molecule has 0 bridgehead atoms. The van der Waals surface area contributed by atoms with Gasteiger partial charge in [-0.15, -0.1) is 11.3 Å². The van der Waals surface area contributed by atoms with E-state index >= 15 is 0 Å². The SMILES string of the molecule is O=C(O)CNC(=O)c1ncc2sc(Sc3ccccc3)cc2c1O. The van der Waals surface area contributed by atoms with Crippen LogP contribution in [-0.2, 0) is 4.79 Å². The van der Waals surface area contributed by atoms with Gasteiger partial charge in [0.1, 0.15) is 6.54 Å². The molecular weight excluding hydrogens is 348 g/mol. The zero-order valence-electron chi connectivity index (χ0n) is 12.2. The molecule has 0 fully saturated rings. The predicted octanol–water partition coefficient (Wildman–Crippen LogP) is 2.97. The first-order valence-corrected chi connectivity index (χ1v) is 8.52. The van der Waals surface area contributed by atoms with Crippen LogP contribution in [0.3, 0.4) is 0 Å². The third-order valence-corrected chi connectivity index (χ3v) is 5.30. The number of carbonyl (C=O) groups is 2. The summed E-state index contributed by atoms with van der Waals surface area (Å²) in [7, 11) is 0. The van der Waals surface area contributed by atoms with Crippen LogP contribution < -0.4 is 5.32 Å². The number of benzene rings is 1. The number of hydrogen-bond acceptors (Lipinski definition) is 6. The van der Waals surface area contributed by atoms with E-state index in [2.05, 4.69) is 10.3 Å². The molecule has 0 spiro atoms. The third kappa shape index (κ3) is 3.50. The van der Waals surface area contributed by atoms with E-state index in [0.717, 1.165) is 13.8 Å². The number of hydrogen-bond donors (Lipinski definition) is 3. The zero-order valence-corrected chi connectivity index (χ0v) is 13.9. The van der Waals surface area contributed by atoms with Crippen LogP contribution in [0.4, 0.5) is 0 Å². The molecule has 0 aliphatic rings. The highest BCUT2D eigenvalue weighted by molar-refractivity contribution is 8.01. The number of aliphatic carboxylic acids is 1. The number of carboxylic acid groups (broad SMARTS) is 1. The molecule has 24 heavy (non-hydrogen) atoms. The van der Waals surface area contributed by atoms with E-state index in [9.17, 15) is 14.7 Å². The number of amides is 1. The molecule has 1 aromatic carbocycles. The molecule has 3 N–H and O–H groups in total. The molecule has 6 nitrogen and oxygen atoms in total. The lowest BCUT2D eigenvalue weighted by molar-refractivity contribution is -0.135. The van der Waals surface area contributed by atoms with Gasteiger partial charge >= 0.3 is 5.97 Å². The van der Waals surface area contributed by atoms with Gasteiger partial charge in [0.2, 0.25) is 0 Å². The lowest BCUT2D eigenvalue weighted by Crippen LogP contribution is -2.29. The van der Waals surface area contributed by atoms with Gasteiger partial charge in [-0.3, -0.25) is 9.59 Å². The van der Waals surface area contributed by atoms with Crippen molar-refractivity contribution in [2.45, 2.75) is 9.10 Å². The molecule has 3 rings (SSSR count). The average Bonchev–Trinajstić information content (AvgIpc) is 2.97. The number of rotatable bonds is 5. The highest BCUT2D eigenvalue weighted by Gasteiger charge is 2.18. The van der Waals surface area contributed by atoms with E-state index in [1.807, 2.05) is 30.3 Å². The quantitative estimate of drug-likeness (QED) is 0.647. The highest BCUT2D eigenvalue weighted by atomic mass is 32.2. The van der Waals surface area contributed by atoms with E-state index in [1.165, 1.54) is 17.5 Å². The fourth-order valence-corrected chi connectivity index (χ4v) is 4.23. The maximum Gasteiger partial charge on any atom is 0.322 e. The molecule has 2 aromatic heterocycles. The van der Waals surface area contributed by atoms with E-state index in [1.54, 1.807) is 17.8 Å². The molecule has 0 aliphatic heterocycles. The Morgan fingerprint density at radius 3 is 2.71 bits per heavy atom. The first-order valence-electron chi connectivity index (χ1n) is 6.89. The average molecular weight is 360 g/mol. The van der Waals surface area contributed by atoms with Crippen molar-refractivity contribution in [3.05, 3.63) is 48.3 Å². The molecule has 8 heteroatoms. The van der Waals surface area contributed by atoms with Gasteiger partial charge in [-0.2, -0.15) is 0 Å². The van der Waals surface area contributed by atoms with Gasteiger partial charge in [-0.1, -0.05) is 30.0 Å². The summed E-state index contributed by atoms with van der Waals surface area (Å²) >= 11 is 3.01. The predicted molar refractivity (Wildman–Crippen MR) is 91.8 cm³/mol. The van der Waals surface area contributed by atoms with Crippen molar-refractivity contribution in [2.24, 2.45) is 0 Å². The number of aromatic hydroxyl groups is 1. The second-order valence-electron chi connectivity index (χ2n) is 4.79. The van der Waals surface area contributed by atoms with Gasteiger partial charge in [0.05, 0.1) is 8.91 Å². The van der Waals surface area contributed by atoms with Crippen molar-refractivity contribution in [2.75, 3.05) is 6.54 Å². The van der Waals surface area contributed by atoms with E-state index in [-0.39, 0.29) is 11.4 Å². The minimum atomic E-state index is -1.17. The fourth-order valence-electron chi connectivity index (χ4n) is 2.04. The molecule has 0 saturated heterocycles. The summed E-state index contributed by atoms with van der Waals surface area (Å²) < 4.78 is 1.71. The second kappa shape index (κ2) is 6.90. The Labute approximate surface area is 145 Å². The molecular formula is C16H12N2O4S2. The van der Waals surface area contributed by atoms with Crippen LogP contribution in [-0.4, -0.2) is 33.6 Å². The van der Waals surface area contributed by atoms with Gasteiger partial charge in [0, 0.05) is 16.5 Å². The van der Waals surface area contributed by atoms with Crippen molar-refractivity contribution in [3.63, 3.8) is 0 Å². The number of nitrogens with one attached hydrogen (secondary N) is 1. The molecule has 0 radical (unpaired) electrons. The summed E-state index contributed by atoms with van der Waals surface area (Å²) in [4.78, 5) is 27.4. The fraction of sp³-hybridized carbons (Fsp3) is 0.0625. The van der Waals surface area contributed by atoms with Gasteiger partial charge in [0.15, 0.2) is 11.4 Å². The van der Waals surface area contributed by atoms with E-state index < -0.39 is 18.4 Å². The maximum absolute atomic E-state index is 11.9. The van der Waals surface area contributed by atoms with Gasteiger partial charge < -0.3 is 15.5 Å². The van der Waals surface area contributed by atoms with Crippen LogP contribution >= 0.6 is 23.1 Å². The number of carbonyl (C=O) groups excluding carboxylic acids is 1. The summed E-state index contributed by atoms with van der Waals surface area (Å²) in [6, 6.07) is 11.6. The van der Waals surface area contributed by atoms with Crippen LogP contribution in [0.1, 0.15) is 10.5 Å². The van der Waals surface area contributed by atoms with Crippen LogP contribution in [0.15, 0.2) is 51.7 Å². The van der Waals surface area contributed by atoms with Crippen molar-refractivity contribution < 1.29 is 19.8 Å². The molecule has 0 atom stereocenters. The van der Waals surface area contributed by atoms with Crippen molar-refractivity contribution in [1.29, 1.82) is 0 Å². The third-order valence-electron chi connectivity index (χ3n) is 3.11. The topological polar surface area (TPSA) is 99.5 Å². The Hall–Kier alpha value is -2.58. The van der Waals surface area contributed by atoms with Crippen LogP contribution in [0.5, 0.6) is 5.75 Å². The zero-order chi connectivity index (χ0) is 17.1. The van der Waals surface area contributed by atoms with E-state index in [4.69, 9.17) is 5.11 Å². The molecule has 1 amide bonds. The Kier molecular flexibility index (Phi) is 4.68. The van der Waals surface area contributed by atoms with Crippen LogP contribution in [0, 0.1) is 0 Å². The lowest BCUT2D eigenvalue weighted by atomic mass is 10.2. The molecule has 3 aromatic rings. The largest absolute Gasteiger partial charge is 0.505 e. The number of thiophene rings is 1. The second-order valence-corrected chi connectivity index (χ2v) is 7.25. The summed E-state index contributed by atoms with van der Waals surface area (Å²) in [5.41, 5.74) is -0.183. The number of fused-ring (bicyclic) bond motifs is 1. The Bertz CT molecular complexity index is 909. The monoisotopic (exact) mass is 360 g/mol. The van der Waals surface area contributed by atoms with Crippen molar-refractivity contribution >= 4 is 45.1 Å². The van der Waals surface area contributed by atoms with Crippen molar-refractivity contribution in [3.8, 4) is 5.75 Å². The summed E-state index contributed by atoms with van der Waals surface area (Å²) in [5.74, 6) is -2.13. The van der Waals surface area contributed by atoms with Gasteiger partial charge in [-0.05, 0) is 18.2 Å². The molecule has 122 valence electrons. The smallest absolute Gasteiger partial charge is 0.322 e. The molecule has 2 heterocycles. The Morgan fingerprint density at radius 2 is 2.00 bits per heavy atom. The first-order chi connectivity index (χ1) is 11.5. The standard InChI is InChI=1S/C16H12N2O4S2/c19-12(20)8-18-16(22)14-15(21)10-6-13(24-11(10)7-17-14)23-9-4-2-1-3-5-9/h1-7,21H,8H2,(H,18,22)(H,19,20). The Morgan fingerprint density at radius 1 is 1.25 bits per heavy atom. The van der Waals surface area contributed by atoms with Crippen LogP contribution in [0.25, 0.3) is 10.1 Å². The number of pyridine rings is 1. The summed E-state index contributed by atoms with van der Waals surface area (Å²) in [6.07, 6.45) is 1.50. The molecule has 0 unspecified atom stereocenters. The minimum Gasteiger partial charge on any atom is -0.505 e. The number of aromatic nitrogens is 1. The normalized spacial score (nSPS) is 10.7. The minimum absolute atomic E-state index is 0.183. The van der Waals surface area contributed by atoms with Gasteiger partial charge in [0.25, 0.3) is 5.91 Å². The lowest BCUT2D eigenvalue weighted by Gasteiger charge is -2.04. The van der Waals surface area contributed by atoms with Gasteiger partial charge in [-0.25, -0.2) is 4.98 Å². The first kappa shape index (κ1) is 16.3. The maximum atomic E-state index is 11.9. The summed E-state index contributed by atoms with van der Waals surface area (Å²) in [6.45, 7) is -0.531. The van der Waals surface area contributed by atoms with E-state index in [0.29, 0.717) is 5.39 Å². The van der Waals surface area contributed by atoms with Crippen LogP contribution in [0.2, 0.25) is 0 Å². The summed E-state index contributed by atoms with van der Waals surface area (Å²) in [5, 5.41) is 21.6.